The van der Waals surface area contributed by atoms with E-state index in [2.05, 4.69) is 5.32 Å². The molecule has 0 aliphatic carbocycles. The Morgan fingerprint density at radius 3 is 2.20 bits per heavy atom. The molecule has 92 valence electrons. The average molecular weight is 219 g/mol. The second-order valence-electron chi connectivity index (χ2n) is 4.88. The Bertz CT molecular complexity index is 175. The van der Waals surface area contributed by atoms with Crippen molar-refractivity contribution in [3.8, 4) is 0 Å². The van der Waals surface area contributed by atoms with Crippen LogP contribution < -0.4 is 5.32 Å². The van der Waals surface area contributed by atoms with Crippen LogP contribution in [0.25, 0.3) is 0 Å². The molecule has 0 saturated heterocycles. The number of aliphatic hydroxyl groups is 2. The number of ether oxygens (including phenoxy) is 1. The van der Waals surface area contributed by atoms with E-state index in [4.69, 9.17) is 4.74 Å². The lowest BCUT2D eigenvalue weighted by molar-refractivity contribution is -0.0169. The van der Waals surface area contributed by atoms with Gasteiger partial charge in [-0.2, -0.15) is 0 Å². The van der Waals surface area contributed by atoms with E-state index in [0.717, 1.165) is 0 Å². The number of aliphatic hydroxyl groups excluding tert-OH is 1. The van der Waals surface area contributed by atoms with Gasteiger partial charge in [0.2, 0.25) is 0 Å². The van der Waals surface area contributed by atoms with Crippen molar-refractivity contribution in [3.05, 3.63) is 0 Å². The first-order valence-corrected chi connectivity index (χ1v) is 5.44. The number of nitrogens with one attached hydrogen (secondary N) is 1. The molecule has 0 rings (SSSR count). The highest BCUT2D eigenvalue weighted by Gasteiger charge is 2.34. The van der Waals surface area contributed by atoms with Crippen LogP contribution in [0.1, 0.15) is 34.6 Å². The molecular weight excluding hydrogens is 194 g/mol. The van der Waals surface area contributed by atoms with Crippen LogP contribution in [-0.4, -0.2) is 47.2 Å². The molecule has 0 spiro atoms. The maximum atomic E-state index is 9.86. The molecule has 0 aromatic heterocycles. The molecule has 0 saturated carbocycles. The van der Waals surface area contributed by atoms with E-state index in [0.29, 0.717) is 19.8 Å². The van der Waals surface area contributed by atoms with Gasteiger partial charge in [0.05, 0.1) is 18.3 Å². The van der Waals surface area contributed by atoms with Crippen molar-refractivity contribution >= 4 is 0 Å². The summed E-state index contributed by atoms with van der Waals surface area (Å²) in [6.45, 7) is 10.5. The van der Waals surface area contributed by atoms with Gasteiger partial charge in [0, 0.05) is 18.7 Å². The number of hydrogen-bond donors (Lipinski definition) is 3. The van der Waals surface area contributed by atoms with Crippen molar-refractivity contribution in [3.63, 3.8) is 0 Å². The second kappa shape index (κ2) is 5.80. The number of β-amino-alcohol motifs (C(OH)–C–C–N with tert-alkyl or cyclic N) is 1. The van der Waals surface area contributed by atoms with Crippen LogP contribution in [0.5, 0.6) is 0 Å². The fourth-order valence-electron chi connectivity index (χ4n) is 0.902. The van der Waals surface area contributed by atoms with E-state index in [1.165, 1.54) is 0 Å². The van der Waals surface area contributed by atoms with E-state index in [1.54, 1.807) is 13.8 Å². The Labute approximate surface area is 92.6 Å². The number of hydrogen-bond acceptors (Lipinski definition) is 4. The predicted molar refractivity (Wildman–Crippen MR) is 60.9 cm³/mol. The first kappa shape index (κ1) is 14.8. The quantitative estimate of drug-likeness (QED) is 0.584. The summed E-state index contributed by atoms with van der Waals surface area (Å²) < 4.78 is 5.09. The summed E-state index contributed by atoms with van der Waals surface area (Å²) in [6, 6.07) is 0. The van der Waals surface area contributed by atoms with Gasteiger partial charge in [-0.15, -0.1) is 0 Å². The summed E-state index contributed by atoms with van der Waals surface area (Å²) in [5.74, 6) is 0. The van der Waals surface area contributed by atoms with Gasteiger partial charge in [0.25, 0.3) is 0 Å². The zero-order valence-corrected chi connectivity index (χ0v) is 10.5. The molecule has 0 aliphatic rings. The van der Waals surface area contributed by atoms with Crippen LogP contribution in [0.3, 0.4) is 0 Å². The first-order chi connectivity index (χ1) is 6.70. The van der Waals surface area contributed by atoms with Gasteiger partial charge in [-0.3, -0.25) is 0 Å². The zero-order chi connectivity index (χ0) is 12.1. The van der Waals surface area contributed by atoms with Crippen molar-refractivity contribution < 1.29 is 14.9 Å². The highest BCUT2D eigenvalue weighted by Crippen LogP contribution is 2.20. The average Bonchev–Trinajstić information content (AvgIpc) is 2.09. The van der Waals surface area contributed by atoms with Gasteiger partial charge in [0.1, 0.15) is 0 Å². The van der Waals surface area contributed by atoms with E-state index in [9.17, 15) is 10.2 Å². The highest BCUT2D eigenvalue weighted by atomic mass is 16.5. The molecule has 0 aromatic rings. The summed E-state index contributed by atoms with van der Waals surface area (Å²) in [7, 11) is 0. The third kappa shape index (κ3) is 5.47. The van der Waals surface area contributed by atoms with E-state index >= 15 is 0 Å². The van der Waals surface area contributed by atoms with Gasteiger partial charge >= 0.3 is 0 Å². The lowest BCUT2D eigenvalue weighted by atomic mass is 9.86. The van der Waals surface area contributed by atoms with E-state index in [-0.39, 0.29) is 0 Å². The lowest BCUT2D eigenvalue weighted by Crippen LogP contribution is -2.57. The van der Waals surface area contributed by atoms with Crippen molar-refractivity contribution in [1.29, 1.82) is 0 Å². The maximum Gasteiger partial charge on any atom is 0.0897 e. The van der Waals surface area contributed by atoms with Crippen molar-refractivity contribution in [1.82, 2.24) is 5.32 Å². The van der Waals surface area contributed by atoms with Gasteiger partial charge in [-0.25, -0.2) is 0 Å². The Hall–Kier alpha value is -0.160. The smallest absolute Gasteiger partial charge is 0.0897 e. The molecule has 4 heteroatoms. The van der Waals surface area contributed by atoms with Crippen molar-refractivity contribution in [2.45, 2.75) is 51.9 Å². The van der Waals surface area contributed by atoms with Gasteiger partial charge in [-0.1, -0.05) is 0 Å². The SMILES string of the molecule is CCOCC(O)CNC(C)(C)C(C)(C)O. The van der Waals surface area contributed by atoms with Crippen molar-refractivity contribution in [2.24, 2.45) is 0 Å². The predicted octanol–water partition coefficient (Wildman–Crippen LogP) is 0.523. The molecule has 0 amide bonds. The molecule has 0 radical (unpaired) electrons. The molecule has 1 unspecified atom stereocenters. The topological polar surface area (TPSA) is 61.7 Å². The molecule has 0 bridgehead atoms. The Morgan fingerprint density at radius 2 is 1.80 bits per heavy atom. The molecule has 0 heterocycles. The molecule has 1 atom stereocenters. The Kier molecular flexibility index (Phi) is 5.73. The second-order valence-corrected chi connectivity index (χ2v) is 4.88. The molecule has 4 nitrogen and oxygen atoms in total. The first-order valence-electron chi connectivity index (χ1n) is 5.44. The van der Waals surface area contributed by atoms with E-state index < -0.39 is 17.2 Å². The summed E-state index contributed by atoms with van der Waals surface area (Å²) in [5, 5.41) is 22.5. The monoisotopic (exact) mass is 219 g/mol. The molecular formula is C11H25NO3. The van der Waals surface area contributed by atoms with E-state index in [1.807, 2.05) is 20.8 Å². The van der Waals surface area contributed by atoms with Crippen LogP contribution in [0.2, 0.25) is 0 Å². The Morgan fingerprint density at radius 1 is 1.27 bits per heavy atom. The van der Waals surface area contributed by atoms with Gasteiger partial charge in [-0.05, 0) is 34.6 Å². The summed E-state index contributed by atoms with van der Waals surface area (Å²) in [6.07, 6.45) is -0.536. The molecule has 3 N–H and O–H groups in total. The Balaban J connectivity index is 3.93. The van der Waals surface area contributed by atoms with Crippen molar-refractivity contribution in [2.75, 3.05) is 19.8 Å². The normalized spacial score (nSPS) is 15.4. The minimum atomic E-state index is -0.835. The van der Waals surface area contributed by atoms with Gasteiger partial charge in [0.15, 0.2) is 0 Å². The lowest BCUT2D eigenvalue weighted by Gasteiger charge is -2.38. The number of rotatable bonds is 7. The minimum absolute atomic E-state index is 0.325. The largest absolute Gasteiger partial charge is 0.389 e. The standard InChI is InChI=1S/C11H25NO3/c1-6-15-8-9(13)7-12-10(2,3)11(4,5)14/h9,12-14H,6-8H2,1-5H3. The fourth-order valence-corrected chi connectivity index (χ4v) is 0.902. The van der Waals surface area contributed by atoms with Crippen LogP contribution in [0, 0.1) is 0 Å². The molecule has 0 aliphatic heterocycles. The summed E-state index contributed by atoms with van der Waals surface area (Å²) >= 11 is 0. The zero-order valence-electron chi connectivity index (χ0n) is 10.5. The van der Waals surface area contributed by atoms with Crippen LogP contribution in [0.15, 0.2) is 0 Å². The maximum absolute atomic E-state index is 9.86. The molecule has 0 aromatic carbocycles. The highest BCUT2D eigenvalue weighted by molar-refractivity contribution is 4.93. The third-order valence-corrected chi connectivity index (χ3v) is 2.82. The molecule has 15 heavy (non-hydrogen) atoms. The van der Waals surface area contributed by atoms with Gasteiger partial charge < -0.3 is 20.3 Å². The fraction of sp³-hybridized carbons (Fsp3) is 1.00. The molecule has 0 fully saturated rings. The van der Waals surface area contributed by atoms with Crippen LogP contribution >= 0.6 is 0 Å². The van der Waals surface area contributed by atoms with Crippen LogP contribution in [0.4, 0.5) is 0 Å². The summed E-state index contributed by atoms with van der Waals surface area (Å²) in [4.78, 5) is 0. The summed E-state index contributed by atoms with van der Waals surface area (Å²) in [5.41, 5.74) is -1.28. The minimum Gasteiger partial charge on any atom is -0.389 e. The third-order valence-electron chi connectivity index (χ3n) is 2.82. The van der Waals surface area contributed by atoms with Crippen LogP contribution in [-0.2, 0) is 4.74 Å².